The van der Waals surface area contributed by atoms with Gasteiger partial charge in [0.2, 0.25) is 0 Å². The van der Waals surface area contributed by atoms with Crippen LogP contribution in [0.5, 0.6) is 11.5 Å². The van der Waals surface area contributed by atoms with Crippen LogP contribution in [-0.4, -0.2) is 13.2 Å². The molecule has 0 heterocycles. The summed E-state index contributed by atoms with van der Waals surface area (Å²) in [5.74, 6) is 1.23. The largest absolute Gasteiger partial charge is 0.493 e. The van der Waals surface area contributed by atoms with Gasteiger partial charge in [0.1, 0.15) is 6.07 Å². The number of ether oxygens (including phenoxy) is 2. The standard InChI is InChI=1S/C12H13NO2/c1-14-11-7-2-4-9(8-13)12(11)15-10-5-3-6-10/h2,4,7,10H,3,5-6H2,1H3. The molecule has 1 aliphatic rings. The highest BCUT2D eigenvalue weighted by Crippen LogP contribution is 2.34. The molecule has 0 aliphatic heterocycles. The maximum Gasteiger partial charge on any atom is 0.179 e. The molecule has 1 aromatic rings. The smallest absolute Gasteiger partial charge is 0.179 e. The van der Waals surface area contributed by atoms with Crippen LogP contribution in [0, 0.1) is 11.3 Å². The van der Waals surface area contributed by atoms with Gasteiger partial charge in [-0.05, 0) is 31.4 Å². The van der Waals surface area contributed by atoms with E-state index < -0.39 is 0 Å². The monoisotopic (exact) mass is 203 g/mol. The summed E-state index contributed by atoms with van der Waals surface area (Å²) in [6, 6.07) is 7.48. The highest BCUT2D eigenvalue weighted by molar-refractivity contribution is 5.52. The van der Waals surface area contributed by atoms with E-state index in [0.717, 1.165) is 12.8 Å². The summed E-state index contributed by atoms with van der Waals surface area (Å²) in [6.45, 7) is 0. The minimum atomic E-state index is 0.258. The molecule has 78 valence electrons. The number of methoxy groups -OCH3 is 1. The van der Waals surface area contributed by atoms with E-state index in [4.69, 9.17) is 14.7 Å². The van der Waals surface area contributed by atoms with E-state index in [-0.39, 0.29) is 6.10 Å². The van der Waals surface area contributed by atoms with E-state index in [1.165, 1.54) is 6.42 Å². The third-order valence-electron chi connectivity index (χ3n) is 2.66. The summed E-state index contributed by atoms with van der Waals surface area (Å²) in [4.78, 5) is 0. The first-order valence-corrected chi connectivity index (χ1v) is 5.09. The lowest BCUT2D eigenvalue weighted by Gasteiger charge is -2.27. The molecule has 1 saturated carbocycles. The van der Waals surface area contributed by atoms with Crippen molar-refractivity contribution in [1.82, 2.24) is 0 Å². The number of rotatable bonds is 3. The first-order chi connectivity index (χ1) is 7.35. The minimum absolute atomic E-state index is 0.258. The maximum absolute atomic E-state index is 8.96. The molecule has 3 heteroatoms. The van der Waals surface area contributed by atoms with Crippen molar-refractivity contribution in [1.29, 1.82) is 5.26 Å². The van der Waals surface area contributed by atoms with Crippen LogP contribution in [0.2, 0.25) is 0 Å². The quantitative estimate of drug-likeness (QED) is 0.758. The fourth-order valence-corrected chi connectivity index (χ4v) is 1.54. The van der Waals surface area contributed by atoms with Crippen molar-refractivity contribution in [2.75, 3.05) is 7.11 Å². The minimum Gasteiger partial charge on any atom is -0.493 e. The van der Waals surface area contributed by atoms with Crippen molar-refractivity contribution in [3.63, 3.8) is 0 Å². The number of para-hydroxylation sites is 1. The summed E-state index contributed by atoms with van der Waals surface area (Å²) in [5, 5.41) is 8.96. The zero-order valence-corrected chi connectivity index (χ0v) is 8.69. The van der Waals surface area contributed by atoms with Crippen LogP contribution < -0.4 is 9.47 Å². The molecule has 1 aromatic carbocycles. The second kappa shape index (κ2) is 4.22. The van der Waals surface area contributed by atoms with Gasteiger partial charge in [0.25, 0.3) is 0 Å². The molecule has 0 unspecified atom stereocenters. The Hall–Kier alpha value is -1.69. The molecule has 1 fully saturated rings. The molecule has 0 amide bonds. The van der Waals surface area contributed by atoms with Gasteiger partial charge in [-0.15, -0.1) is 0 Å². The van der Waals surface area contributed by atoms with E-state index in [1.54, 1.807) is 19.2 Å². The van der Waals surface area contributed by atoms with Crippen molar-refractivity contribution in [2.24, 2.45) is 0 Å². The molecule has 0 radical (unpaired) electrons. The van der Waals surface area contributed by atoms with Crippen LogP contribution >= 0.6 is 0 Å². The third kappa shape index (κ3) is 1.89. The van der Waals surface area contributed by atoms with Crippen LogP contribution in [-0.2, 0) is 0 Å². The van der Waals surface area contributed by atoms with Gasteiger partial charge in [0, 0.05) is 0 Å². The van der Waals surface area contributed by atoms with E-state index in [9.17, 15) is 0 Å². The predicted molar refractivity (Wildman–Crippen MR) is 56.0 cm³/mol. The molecule has 2 rings (SSSR count). The fraction of sp³-hybridized carbons (Fsp3) is 0.417. The molecular formula is C12H13NO2. The van der Waals surface area contributed by atoms with Gasteiger partial charge in [-0.25, -0.2) is 0 Å². The highest BCUT2D eigenvalue weighted by Gasteiger charge is 2.22. The second-order valence-corrected chi connectivity index (χ2v) is 3.62. The number of nitriles is 1. The highest BCUT2D eigenvalue weighted by atomic mass is 16.5. The summed E-state index contributed by atoms with van der Waals surface area (Å²) >= 11 is 0. The average molecular weight is 203 g/mol. The molecule has 0 N–H and O–H groups in total. The van der Waals surface area contributed by atoms with Gasteiger partial charge in [-0.2, -0.15) is 5.26 Å². The number of benzene rings is 1. The average Bonchev–Trinajstić information content (AvgIpc) is 2.23. The zero-order chi connectivity index (χ0) is 10.7. The molecule has 0 bridgehead atoms. The molecular weight excluding hydrogens is 190 g/mol. The van der Waals surface area contributed by atoms with Crippen molar-refractivity contribution in [2.45, 2.75) is 25.4 Å². The van der Waals surface area contributed by atoms with Crippen molar-refractivity contribution in [3.8, 4) is 17.6 Å². The van der Waals surface area contributed by atoms with Crippen LogP contribution in [0.1, 0.15) is 24.8 Å². The van der Waals surface area contributed by atoms with E-state index in [2.05, 4.69) is 6.07 Å². The molecule has 0 saturated heterocycles. The summed E-state index contributed by atoms with van der Waals surface area (Å²) in [5.41, 5.74) is 0.543. The van der Waals surface area contributed by atoms with Gasteiger partial charge in [-0.3, -0.25) is 0 Å². The maximum atomic E-state index is 8.96. The molecule has 1 aliphatic carbocycles. The molecule has 0 aromatic heterocycles. The Bertz CT molecular complexity index is 391. The SMILES string of the molecule is COc1cccc(C#N)c1OC1CCC1. The van der Waals surface area contributed by atoms with Gasteiger partial charge in [0.05, 0.1) is 18.8 Å². The van der Waals surface area contributed by atoms with E-state index >= 15 is 0 Å². The fourth-order valence-electron chi connectivity index (χ4n) is 1.54. The van der Waals surface area contributed by atoms with Gasteiger partial charge < -0.3 is 9.47 Å². The normalized spacial score (nSPS) is 15.2. The third-order valence-corrected chi connectivity index (χ3v) is 2.66. The topological polar surface area (TPSA) is 42.2 Å². The Morgan fingerprint density at radius 1 is 1.40 bits per heavy atom. The van der Waals surface area contributed by atoms with Crippen LogP contribution in [0.15, 0.2) is 18.2 Å². The summed E-state index contributed by atoms with van der Waals surface area (Å²) in [6.07, 6.45) is 3.61. The molecule has 3 nitrogen and oxygen atoms in total. The predicted octanol–water partition coefficient (Wildman–Crippen LogP) is 2.50. The van der Waals surface area contributed by atoms with Crippen LogP contribution in [0.4, 0.5) is 0 Å². The van der Waals surface area contributed by atoms with E-state index in [1.807, 2.05) is 6.07 Å². The van der Waals surface area contributed by atoms with Gasteiger partial charge >= 0.3 is 0 Å². The van der Waals surface area contributed by atoms with E-state index in [0.29, 0.717) is 17.1 Å². The van der Waals surface area contributed by atoms with Crippen LogP contribution in [0.3, 0.4) is 0 Å². The van der Waals surface area contributed by atoms with Crippen molar-refractivity contribution < 1.29 is 9.47 Å². The Morgan fingerprint density at radius 3 is 2.73 bits per heavy atom. The summed E-state index contributed by atoms with van der Waals surface area (Å²) in [7, 11) is 1.59. The first-order valence-electron chi connectivity index (χ1n) is 5.09. The molecule has 0 atom stereocenters. The Morgan fingerprint density at radius 2 is 2.20 bits per heavy atom. The number of hydrogen-bond acceptors (Lipinski definition) is 3. The second-order valence-electron chi connectivity index (χ2n) is 3.62. The lowest BCUT2D eigenvalue weighted by molar-refractivity contribution is 0.115. The van der Waals surface area contributed by atoms with Crippen LogP contribution in [0.25, 0.3) is 0 Å². The lowest BCUT2D eigenvalue weighted by atomic mass is 9.96. The summed E-state index contributed by atoms with van der Waals surface area (Å²) < 4.78 is 10.9. The Kier molecular flexibility index (Phi) is 2.77. The number of nitrogens with zero attached hydrogens (tertiary/aromatic N) is 1. The lowest BCUT2D eigenvalue weighted by Crippen LogP contribution is -2.25. The van der Waals surface area contributed by atoms with Crippen molar-refractivity contribution in [3.05, 3.63) is 23.8 Å². The molecule has 15 heavy (non-hydrogen) atoms. The van der Waals surface area contributed by atoms with Gasteiger partial charge in [0.15, 0.2) is 11.5 Å². The number of hydrogen-bond donors (Lipinski definition) is 0. The Balaban J connectivity index is 2.28. The molecule has 0 spiro atoms. The zero-order valence-electron chi connectivity index (χ0n) is 8.69. The first kappa shape index (κ1) is 9.85. The van der Waals surface area contributed by atoms with Crippen molar-refractivity contribution >= 4 is 0 Å². The Labute approximate surface area is 89.2 Å². The van der Waals surface area contributed by atoms with Gasteiger partial charge in [-0.1, -0.05) is 6.07 Å².